The zero-order valence-corrected chi connectivity index (χ0v) is 22.0. The van der Waals surface area contributed by atoms with Gasteiger partial charge in [-0.3, -0.25) is 14.6 Å². The molecular weight excluding hydrogens is 509 g/mol. The first kappa shape index (κ1) is 26.2. The van der Waals surface area contributed by atoms with Gasteiger partial charge >= 0.3 is 0 Å². The number of hydrogen-bond donors (Lipinski definition) is 1. The number of nitrogens with one attached hydrogen (secondary N) is 1. The van der Waals surface area contributed by atoms with E-state index in [0.29, 0.717) is 38.0 Å². The molecule has 5 rings (SSSR count). The van der Waals surface area contributed by atoms with Crippen molar-refractivity contribution in [1.82, 2.24) is 19.2 Å². The number of piperidine rings is 2. The molecule has 2 aliphatic rings. The van der Waals surface area contributed by atoms with E-state index in [1.165, 1.54) is 41.7 Å². The Morgan fingerprint density at radius 2 is 1.82 bits per heavy atom. The molecule has 1 unspecified atom stereocenters. The summed E-state index contributed by atoms with van der Waals surface area (Å²) in [4.78, 5) is 34.8. The average Bonchev–Trinajstić information content (AvgIpc) is 2.92. The summed E-state index contributed by atoms with van der Waals surface area (Å²) in [5.41, 5.74) is 1.75. The van der Waals surface area contributed by atoms with Crippen LogP contribution in [0.4, 0.5) is 10.2 Å². The predicted octanol–water partition coefficient (Wildman–Crippen LogP) is 3.53. The lowest BCUT2D eigenvalue weighted by Gasteiger charge is -2.37. The minimum absolute atomic E-state index is 0.0101. The summed E-state index contributed by atoms with van der Waals surface area (Å²) >= 11 is 0. The van der Waals surface area contributed by atoms with Crippen LogP contribution < -0.4 is 5.32 Å². The van der Waals surface area contributed by atoms with Crippen LogP contribution in [0.15, 0.2) is 53.7 Å². The van der Waals surface area contributed by atoms with Crippen LogP contribution in [-0.4, -0.2) is 65.6 Å². The third kappa shape index (κ3) is 5.39. The first-order valence-corrected chi connectivity index (χ1v) is 14.2. The molecule has 4 heterocycles. The van der Waals surface area contributed by atoms with E-state index in [0.717, 1.165) is 23.8 Å². The molecule has 0 saturated carbocycles. The Morgan fingerprint density at radius 1 is 1.03 bits per heavy atom. The quantitative estimate of drug-likeness (QED) is 0.531. The van der Waals surface area contributed by atoms with E-state index in [-0.39, 0.29) is 40.8 Å². The van der Waals surface area contributed by atoms with Crippen LogP contribution in [0.3, 0.4) is 0 Å². The molecule has 11 heteroatoms. The van der Waals surface area contributed by atoms with Crippen molar-refractivity contribution < 1.29 is 22.4 Å². The summed E-state index contributed by atoms with van der Waals surface area (Å²) in [5.74, 6) is -0.497. The van der Waals surface area contributed by atoms with E-state index >= 15 is 0 Å². The Morgan fingerprint density at radius 3 is 2.53 bits per heavy atom. The van der Waals surface area contributed by atoms with Crippen LogP contribution >= 0.6 is 0 Å². The summed E-state index contributed by atoms with van der Waals surface area (Å²) < 4.78 is 41.5. The molecule has 1 aromatic carbocycles. The largest absolute Gasteiger partial charge is 0.342 e. The van der Waals surface area contributed by atoms with Gasteiger partial charge in [0.25, 0.3) is 0 Å². The Balaban J connectivity index is 1.22. The Hall–Kier alpha value is -3.44. The topological polar surface area (TPSA) is 113 Å². The van der Waals surface area contributed by atoms with Gasteiger partial charge in [-0.15, -0.1) is 0 Å². The Bertz CT molecular complexity index is 1460. The van der Waals surface area contributed by atoms with Crippen LogP contribution in [0.2, 0.25) is 0 Å². The van der Waals surface area contributed by atoms with Gasteiger partial charge < -0.3 is 10.2 Å². The second-order valence-electron chi connectivity index (χ2n) is 9.92. The first-order chi connectivity index (χ1) is 18.2. The molecule has 2 aromatic heterocycles. The molecule has 0 spiro atoms. The van der Waals surface area contributed by atoms with Crippen LogP contribution in [0.25, 0.3) is 10.9 Å². The van der Waals surface area contributed by atoms with E-state index in [1.807, 2.05) is 11.0 Å². The van der Waals surface area contributed by atoms with Gasteiger partial charge in [0.2, 0.25) is 21.8 Å². The molecule has 1 atom stereocenters. The zero-order valence-electron chi connectivity index (χ0n) is 21.1. The molecule has 200 valence electrons. The molecule has 2 aliphatic heterocycles. The van der Waals surface area contributed by atoms with E-state index < -0.39 is 15.9 Å². The smallest absolute Gasteiger partial charge is 0.244 e. The number of hydrogen-bond acceptors (Lipinski definition) is 6. The number of carbonyl (C=O) groups excluding carboxylic acids is 2. The molecule has 0 radical (unpaired) electrons. The number of anilines is 1. The maximum atomic E-state index is 13.6. The number of carbonyl (C=O) groups is 2. The lowest BCUT2D eigenvalue weighted by atomic mass is 9.86. The third-order valence-electron chi connectivity index (χ3n) is 7.40. The number of fused-ring (bicyclic) bond motifs is 1. The van der Waals surface area contributed by atoms with Gasteiger partial charge in [0.1, 0.15) is 16.5 Å². The van der Waals surface area contributed by atoms with Crippen molar-refractivity contribution in [3.63, 3.8) is 0 Å². The number of aromatic nitrogens is 2. The second kappa shape index (κ2) is 10.7. The van der Waals surface area contributed by atoms with Crippen LogP contribution in [0.1, 0.15) is 44.1 Å². The average molecular weight is 540 g/mol. The molecule has 2 saturated heterocycles. The van der Waals surface area contributed by atoms with E-state index in [9.17, 15) is 22.4 Å². The van der Waals surface area contributed by atoms with E-state index in [1.54, 1.807) is 12.3 Å². The number of halogens is 1. The second-order valence-corrected chi connectivity index (χ2v) is 11.9. The SMILES string of the molecule is CC(=O)Nc1ccc(S(=O)(=O)N2CCCC(C(=O)N3CCC(c4ccnc5cc(F)ccc45)CC3)C2)cn1. The van der Waals surface area contributed by atoms with Crippen molar-refractivity contribution in [3.05, 3.63) is 60.2 Å². The van der Waals surface area contributed by atoms with Crippen LogP contribution in [0.5, 0.6) is 0 Å². The highest BCUT2D eigenvalue weighted by Gasteiger charge is 2.36. The van der Waals surface area contributed by atoms with Crippen molar-refractivity contribution in [2.45, 2.75) is 43.4 Å². The summed E-state index contributed by atoms with van der Waals surface area (Å²) in [6, 6.07) is 9.50. The minimum Gasteiger partial charge on any atom is -0.342 e. The molecule has 9 nitrogen and oxygen atoms in total. The first-order valence-electron chi connectivity index (χ1n) is 12.8. The maximum absolute atomic E-state index is 13.6. The maximum Gasteiger partial charge on any atom is 0.244 e. The fourth-order valence-electron chi connectivity index (χ4n) is 5.47. The van der Waals surface area contributed by atoms with Crippen LogP contribution in [0, 0.1) is 11.7 Å². The molecule has 1 N–H and O–H groups in total. The van der Waals surface area contributed by atoms with Gasteiger partial charge in [-0.25, -0.2) is 17.8 Å². The van der Waals surface area contributed by atoms with Crippen molar-refractivity contribution in [2.75, 3.05) is 31.5 Å². The summed E-state index contributed by atoms with van der Waals surface area (Å²) in [7, 11) is -3.82. The van der Waals surface area contributed by atoms with Gasteiger partial charge in [0.15, 0.2) is 0 Å². The highest BCUT2D eigenvalue weighted by molar-refractivity contribution is 7.89. The van der Waals surface area contributed by atoms with Gasteiger partial charge in [0, 0.05) is 56.9 Å². The van der Waals surface area contributed by atoms with Crippen molar-refractivity contribution in [2.24, 2.45) is 5.92 Å². The van der Waals surface area contributed by atoms with Crippen molar-refractivity contribution in [3.8, 4) is 0 Å². The molecule has 0 bridgehead atoms. The highest BCUT2D eigenvalue weighted by atomic mass is 32.2. The molecule has 0 aliphatic carbocycles. The summed E-state index contributed by atoms with van der Waals surface area (Å²) in [6.07, 6.45) is 5.74. The highest BCUT2D eigenvalue weighted by Crippen LogP contribution is 2.34. The monoisotopic (exact) mass is 539 g/mol. The molecule has 38 heavy (non-hydrogen) atoms. The number of sulfonamides is 1. The lowest BCUT2D eigenvalue weighted by Crippen LogP contribution is -2.48. The fraction of sp³-hybridized carbons (Fsp3) is 0.407. The number of pyridine rings is 2. The zero-order chi connectivity index (χ0) is 26.9. The lowest BCUT2D eigenvalue weighted by molar-refractivity contribution is -0.137. The summed E-state index contributed by atoms with van der Waals surface area (Å²) in [6.45, 7) is 3.01. The number of rotatable bonds is 5. The summed E-state index contributed by atoms with van der Waals surface area (Å²) in [5, 5.41) is 3.46. The Kier molecular flexibility index (Phi) is 7.40. The van der Waals surface area contributed by atoms with Gasteiger partial charge in [-0.1, -0.05) is 0 Å². The number of likely N-dealkylation sites (tertiary alicyclic amines) is 1. The number of amides is 2. The minimum atomic E-state index is -3.82. The number of benzene rings is 1. The van der Waals surface area contributed by atoms with Crippen LogP contribution in [-0.2, 0) is 19.6 Å². The molecule has 2 fully saturated rings. The van der Waals surface area contributed by atoms with Crippen molar-refractivity contribution in [1.29, 1.82) is 0 Å². The number of nitrogens with zero attached hydrogens (tertiary/aromatic N) is 4. The third-order valence-corrected chi connectivity index (χ3v) is 9.25. The van der Waals surface area contributed by atoms with Crippen molar-refractivity contribution >= 4 is 38.6 Å². The van der Waals surface area contributed by atoms with E-state index in [2.05, 4.69) is 15.3 Å². The molecular formula is C27H30FN5O4S. The fourth-order valence-corrected chi connectivity index (χ4v) is 6.94. The molecule has 2 amide bonds. The van der Waals surface area contributed by atoms with E-state index in [4.69, 9.17) is 0 Å². The van der Waals surface area contributed by atoms with Gasteiger partial charge in [0.05, 0.1) is 11.4 Å². The van der Waals surface area contributed by atoms with Gasteiger partial charge in [-0.05, 0) is 67.5 Å². The van der Waals surface area contributed by atoms with Gasteiger partial charge in [-0.2, -0.15) is 4.31 Å². The normalized spacial score (nSPS) is 19.4. The molecule has 3 aromatic rings. The standard InChI is InChI=1S/C27H30FN5O4S/c1-18(34)31-26-7-5-22(16-30-26)38(36,37)33-12-2-3-20(17-33)27(35)32-13-9-19(10-14-32)23-8-11-29-25-15-21(28)4-6-24(23)25/h4-8,11,15-16,19-20H,2-3,9-10,12-14,17H2,1H3,(H,30,31,34). The Labute approximate surface area is 221 Å². The predicted molar refractivity (Wildman–Crippen MR) is 140 cm³/mol.